The molecule has 132 valence electrons. The van der Waals surface area contributed by atoms with Crippen LogP contribution in [0.15, 0.2) is 72.8 Å². The maximum absolute atomic E-state index is 13.2. The number of carboxylic acid groups (broad SMARTS) is 1. The third-order valence-corrected chi connectivity index (χ3v) is 3.80. The SMILES string of the molecule is O=C(O)c1cccc(NCc2cccc(OCc3cccc(F)c3)c2)c1. The van der Waals surface area contributed by atoms with E-state index in [-0.39, 0.29) is 18.0 Å². The number of halogens is 1. The van der Waals surface area contributed by atoms with Gasteiger partial charge in [0.1, 0.15) is 18.2 Å². The molecule has 0 aromatic heterocycles. The third-order valence-electron chi connectivity index (χ3n) is 3.80. The van der Waals surface area contributed by atoms with Crippen molar-refractivity contribution in [3.05, 3.63) is 95.3 Å². The number of nitrogens with one attached hydrogen (secondary N) is 1. The lowest BCUT2D eigenvalue weighted by Gasteiger charge is -2.10. The normalized spacial score (nSPS) is 10.3. The third kappa shape index (κ3) is 4.83. The molecule has 5 heteroatoms. The van der Waals surface area contributed by atoms with Gasteiger partial charge >= 0.3 is 5.97 Å². The highest BCUT2D eigenvalue weighted by Crippen LogP contribution is 2.18. The summed E-state index contributed by atoms with van der Waals surface area (Å²) < 4.78 is 18.9. The summed E-state index contributed by atoms with van der Waals surface area (Å²) in [4.78, 5) is 11.0. The second-order valence-corrected chi connectivity index (χ2v) is 5.81. The standard InChI is InChI=1S/C21H18FNO3/c22-18-7-1-5-16(10-18)14-26-20-9-2-4-15(11-20)13-23-19-8-3-6-17(12-19)21(24)25/h1-12,23H,13-14H2,(H,24,25). The number of hydrogen-bond donors (Lipinski definition) is 2. The highest BCUT2D eigenvalue weighted by molar-refractivity contribution is 5.88. The lowest BCUT2D eigenvalue weighted by molar-refractivity contribution is 0.0697. The monoisotopic (exact) mass is 351 g/mol. The van der Waals surface area contributed by atoms with Gasteiger partial charge in [0.25, 0.3) is 0 Å². The predicted octanol–water partition coefficient (Wildman–Crippen LogP) is 4.72. The van der Waals surface area contributed by atoms with Crippen LogP contribution in [0, 0.1) is 5.82 Å². The van der Waals surface area contributed by atoms with Crippen LogP contribution in [-0.4, -0.2) is 11.1 Å². The molecule has 0 saturated heterocycles. The van der Waals surface area contributed by atoms with Crippen molar-refractivity contribution in [1.29, 1.82) is 0 Å². The summed E-state index contributed by atoms with van der Waals surface area (Å²) in [5, 5.41) is 12.2. The molecule has 0 amide bonds. The molecular weight excluding hydrogens is 333 g/mol. The van der Waals surface area contributed by atoms with E-state index in [9.17, 15) is 9.18 Å². The smallest absolute Gasteiger partial charge is 0.335 e. The van der Waals surface area contributed by atoms with Crippen molar-refractivity contribution >= 4 is 11.7 Å². The van der Waals surface area contributed by atoms with Gasteiger partial charge in [-0.3, -0.25) is 0 Å². The fourth-order valence-electron chi connectivity index (χ4n) is 2.50. The molecule has 4 nitrogen and oxygen atoms in total. The summed E-state index contributed by atoms with van der Waals surface area (Å²) in [6.07, 6.45) is 0. The molecule has 0 saturated carbocycles. The van der Waals surface area contributed by atoms with E-state index in [1.807, 2.05) is 36.4 Å². The largest absolute Gasteiger partial charge is 0.489 e. The second-order valence-electron chi connectivity index (χ2n) is 5.81. The van der Waals surface area contributed by atoms with Crippen molar-refractivity contribution in [1.82, 2.24) is 0 Å². The molecule has 0 radical (unpaired) electrons. The van der Waals surface area contributed by atoms with Gasteiger partial charge in [0, 0.05) is 12.2 Å². The van der Waals surface area contributed by atoms with Crippen molar-refractivity contribution in [2.75, 3.05) is 5.32 Å². The van der Waals surface area contributed by atoms with E-state index in [2.05, 4.69) is 5.32 Å². The lowest BCUT2D eigenvalue weighted by atomic mass is 10.2. The Kier molecular flexibility index (Phi) is 5.49. The summed E-state index contributed by atoms with van der Waals surface area (Å²) in [5.41, 5.74) is 2.72. The topological polar surface area (TPSA) is 58.6 Å². The molecule has 0 fully saturated rings. The Morgan fingerprint density at radius 1 is 0.962 bits per heavy atom. The number of carboxylic acids is 1. The molecule has 0 aliphatic heterocycles. The quantitative estimate of drug-likeness (QED) is 0.647. The summed E-state index contributed by atoms with van der Waals surface area (Å²) in [5.74, 6) is -0.554. The van der Waals surface area contributed by atoms with Crippen LogP contribution in [0.4, 0.5) is 10.1 Å². The van der Waals surface area contributed by atoms with Crippen LogP contribution in [-0.2, 0) is 13.2 Å². The van der Waals surface area contributed by atoms with Gasteiger partial charge in [-0.15, -0.1) is 0 Å². The maximum Gasteiger partial charge on any atom is 0.335 e. The first-order chi connectivity index (χ1) is 12.6. The van der Waals surface area contributed by atoms with Crippen LogP contribution < -0.4 is 10.1 Å². The number of benzene rings is 3. The van der Waals surface area contributed by atoms with Crippen LogP contribution in [0.25, 0.3) is 0 Å². The number of carbonyl (C=O) groups is 1. The van der Waals surface area contributed by atoms with Crippen molar-refractivity contribution in [3.63, 3.8) is 0 Å². The van der Waals surface area contributed by atoms with Crippen molar-refractivity contribution in [2.24, 2.45) is 0 Å². The average molecular weight is 351 g/mol. The van der Waals surface area contributed by atoms with Crippen LogP contribution in [0.2, 0.25) is 0 Å². The Morgan fingerprint density at radius 2 is 1.73 bits per heavy atom. The highest BCUT2D eigenvalue weighted by Gasteiger charge is 2.04. The Bertz CT molecular complexity index is 911. The fourth-order valence-corrected chi connectivity index (χ4v) is 2.50. The summed E-state index contributed by atoms with van der Waals surface area (Å²) in [6, 6.07) is 20.5. The Hall–Kier alpha value is -3.34. The zero-order chi connectivity index (χ0) is 18.4. The van der Waals surface area contributed by atoms with E-state index >= 15 is 0 Å². The van der Waals surface area contributed by atoms with Gasteiger partial charge in [-0.1, -0.05) is 30.3 Å². The number of anilines is 1. The molecule has 3 aromatic carbocycles. The van der Waals surface area contributed by atoms with E-state index in [1.165, 1.54) is 12.1 Å². The molecule has 0 spiro atoms. The minimum Gasteiger partial charge on any atom is -0.489 e. The van der Waals surface area contributed by atoms with Crippen molar-refractivity contribution < 1.29 is 19.0 Å². The molecule has 26 heavy (non-hydrogen) atoms. The molecule has 0 unspecified atom stereocenters. The molecule has 3 aromatic rings. The maximum atomic E-state index is 13.2. The molecule has 2 N–H and O–H groups in total. The summed E-state index contributed by atoms with van der Waals surface area (Å²) >= 11 is 0. The summed E-state index contributed by atoms with van der Waals surface area (Å²) in [6.45, 7) is 0.815. The van der Waals surface area contributed by atoms with E-state index in [4.69, 9.17) is 9.84 Å². The van der Waals surface area contributed by atoms with Crippen LogP contribution in [0.3, 0.4) is 0 Å². The lowest BCUT2D eigenvalue weighted by Crippen LogP contribution is -2.02. The number of hydrogen-bond acceptors (Lipinski definition) is 3. The van der Waals surface area contributed by atoms with E-state index in [0.29, 0.717) is 12.3 Å². The van der Waals surface area contributed by atoms with Crippen LogP contribution >= 0.6 is 0 Å². The number of aromatic carboxylic acids is 1. The molecule has 3 rings (SSSR count). The summed E-state index contributed by atoms with van der Waals surface area (Å²) in [7, 11) is 0. The molecule has 0 heterocycles. The van der Waals surface area contributed by atoms with E-state index < -0.39 is 5.97 Å². The molecule has 0 aliphatic rings. The zero-order valence-corrected chi connectivity index (χ0v) is 14.0. The Labute approximate surface area is 150 Å². The minimum atomic E-state index is -0.957. The first kappa shape index (κ1) is 17.5. The first-order valence-electron chi connectivity index (χ1n) is 8.13. The van der Waals surface area contributed by atoms with Gasteiger partial charge in [0.2, 0.25) is 0 Å². The van der Waals surface area contributed by atoms with Gasteiger partial charge in [0.05, 0.1) is 5.56 Å². The van der Waals surface area contributed by atoms with Gasteiger partial charge in [-0.2, -0.15) is 0 Å². The highest BCUT2D eigenvalue weighted by atomic mass is 19.1. The second kappa shape index (κ2) is 8.16. The fraction of sp³-hybridized carbons (Fsp3) is 0.0952. The number of rotatable bonds is 7. The van der Waals surface area contributed by atoms with Gasteiger partial charge in [-0.25, -0.2) is 9.18 Å². The number of ether oxygens (including phenoxy) is 1. The Balaban J connectivity index is 1.60. The molecule has 0 atom stereocenters. The van der Waals surface area contributed by atoms with Crippen molar-refractivity contribution in [2.45, 2.75) is 13.2 Å². The van der Waals surface area contributed by atoms with Crippen LogP contribution in [0.5, 0.6) is 5.75 Å². The van der Waals surface area contributed by atoms with Gasteiger partial charge in [-0.05, 0) is 53.6 Å². The predicted molar refractivity (Wildman–Crippen MR) is 97.9 cm³/mol. The first-order valence-corrected chi connectivity index (χ1v) is 8.13. The molecule has 0 aliphatic carbocycles. The zero-order valence-electron chi connectivity index (χ0n) is 14.0. The van der Waals surface area contributed by atoms with E-state index in [1.54, 1.807) is 24.3 Å². The molecular formula is C21H18FNO3. The Morgan fingerprint density at radius 3 is 2.54 bits per heavy atom. The minimum absolute atomic E-state index is 0.238. The van der Waals surface area contributed by atoms with E-state index in [0.717, 1.165) is 16.8 Å². The van der Waals surface area contributed by atoms with Gasteiger partial charge in [0.15, 0.2) is 0 Å². The van der Waals surface area contributed by atoms with Gasteiger partial charge < -0.3 is 15.2 Å². The van der Waals surface area contributed by atoms with Crippen LogP contribution in [0.1, 0.15) is 21.5 Å². The molecule has 0 bridgehead atoms. The van der Waals surface area contributed by atoms with Crippen molar-refractivity contribution in [3.8, 4) is 5.75 Å². The average Bonchev–Trinajstić information content (AvgIpc) is 2.65.